The first-order chi connectivity index (χ1) is 9.77. The third-order valence-corrected chi connectivity index (χ3v) is 4.35. The van der Waals surface area contributed by atoms with Gasteiger partial charge in [-0.1, -0.05) is 44.5 Å². The van der Waals surface area contributed by atoms with Crippen molar-refractivity contribution in [1.29, 1.82) is 0 Å². The zero-order chi connectivity index (χ0) is 15.6. The zero-order valence-electron chi connectivity index (χ0n) is 12.3. The Balaban J connectivity index is 2.25. The van der Waals surface area contributed by atoms with Crippen LogP contribution in [0.2, 0.25) is 5.02 Å². The number of thiazole rings is 1. The summed E-state index contributed by atoms with van der Waals surface area (Å²) in [5.41, 5.74) is 1.68. The average Bonchev–Trinajstić information content (AvgIpc) is 2.84. The van der Waals surface area contributed by atoms with Crippen LogP contribution in [0.5, 0.6) is 0 Å². The van der Waals surface area contributed by atoms with E-state index in [0.29, 0.717) is 17.0 Å². The fourth-order valence-electron chi connectivity index (χ4n) is 1.99. The van der Waals surface area contributed by atoms with E-state index < -0.39 is 11.9 Å². The molecule has 0 aliphatic carbocycles. The van der Waals surface area contributed by atoms with Gasteiger partial charge in [-0.05, 0) is 17.7 Å². The molecule has 1 aromatic carbocycles. The number of aliphatic carboxylic acids is 1. The molecule has 1 heterocycles. The molecule has 0 aliphatic rings. The van der Waals surface area contributed by atoms with Crippen molar-refractivity contribution >= 4 is 28.9 Å². The lowest BCUT2D eigenvalue weighted by atomic mass is 9.93. The second-order valence-corrected chi connectivity index (χ2v) is 7.41. The first-order valence-electron chi connectivity index (χ1n) is 6.70. The van der Waals surface area contributed by atoms with E-state index in [0.717, 1.165) is 10.7 Å². The molecule has 21 heavy (non-hydrogen) atoms. The maximum absolute atomic E-state index is 11.6. The molecule has 0 bridgehead atoms. The molecule has 1 aromatic heterocycles. The molecule has 0 amide bonds. The molecular weight excluding hydrogens is 306 g/mol. The highest BCUT2D eigenvalue weighted by molar-refractivity contribution is 7.09. The topological polar surface area (TPSA) is 50.2 Å². The molecule has 0 spiro atoms. The highest BCUT2D eigenvalue weighted by atomic mass is 35.5. The first kappa shape index (κ1) is 16.0. The Labute approximate surface area is 133 Å². The molecule has 0 saturated carbocycles. The van der Waals surface area contributed by atoms with Crippen LogP contribution in [-0.2, 0) is 16.6 Å². The standard InChI is InChI=1S/C16H18ClNO2S/c1-16(2,3)13-9-21-14(18-13)8-12(15(19)20)10-5-4-6-11(17)7-10/h4-7,9,12H,8H2,1-3H3,(H,19,20). The van der Waals surface area contributed by atoms with Gasteiger partial charge in [0.25, 0.3) is 0 Å². The maximum atomic E-state index is 11.6. The molecule has 2 rings (SSSR count). The van der Waals surface area contributed by atoms with Gasteiger partial charge >= 0.3 is 5.97 Å². The Kier molecular flexibility index (Phi) is 4.69. The molecule has 5 heteroatoms. The van der Waals surface area contributed by atoms with Crippen LogP contribution in [-0.4, -0.2) is 16.1 Å². The summed E-state index contributed by atoms with van der Waals surface area (Å²) in [5, 5.41) is 12.9. The second kappa shape index (κ2) is 6.16. The van der Waals surface area contributed by atoms with Crippen LogP contribution in [0.1, 0.15) is 43.0 Å². The molecule has 2 aromatic rings. The van der Waals surface area contributed by atoms with Gasteiger partial charge < -0.3 is 5.11 Å². The number of hydrogen-bond donors (Lipinski definition) is 1. The largest absolute Gasteiger partial charge is 0.481 e. The Morgan fingerprint density at radius 1 is 1.43 bits per heavy atom. The van der Waals surface area contributed by atoms with Crippen molar-refractivity contribution in [3.05, 3.63) is 50.9 Å². The van der Waals surface area contributed by atoms with E-state index in [9.17, 15) is 9.90 Å². The molecule has 1 unspecified atom stereocenters. The number of nitrogens with zero attached hydrogens (tertiary/aromatic N) is 1. The zero-order valence-corrected chi connectivity index (χ0v) is 13.8. The van der Waals surface area contributed by atoms with Crippen molar-refractivity contribution in [2.45, 2.75) is 38.5 Å². The number of carboxylic acids is 1. The number of halogens is 1. The van der Waals surface area contributed by atoms with Crippen molar-refractivity contribution < 1.29 is 9.90 Å². The number of carbonyl (C=O) groups is 1. The van der Waals surface area contributed by atoms with Crippen LogP contribution in [0, 0.1) is 0 Å². The van der Waals surface area contributed by atoms with E-state index in [1.54, 1.807) is 24.3 Å². The van der Waals surface area contributed by atoms with Gasteiger partial charge in [-0.15, -0.1) is 11.3 Å². The Morgan fingerprint density at radius 2 is 2.14 bits per heavy atom. The molecule has 1 N–H and O–H groups in total. The van der Waals surface area contributed by atoms with Crippen LogP contribution >= 0.6 is 22.9 Å². The van der Waals surface area contributed by atoms with Crippen LogP contribution in [0.3, 0.4) is 0 Å². The molecular formula is C16H18ClNO2S. The summed E-state index contributed by atoms with van der Waals surface area (Å²) in [6, 6.07) is 7.02. The van der Waals surface area contributed by atoms with E-state index in [1.807, 2.05) is 5.38 Å². The van der Waals surface area contributed by atoms with Crippen molar-refractivity contribution in [1.82, 2.24) is 4.98 Å². The molecule has 0 aliphatic heterocycles. The predicted octanol–water partition coefficient (Wildman–Crippen LogP) is 4.50. The van der Waals surface area contributed by atoms with Crippen LogP contribution in [0.15, 0.2) is 29.6 Å². The number of benzene rings is 1. The summed E-state index contributed by atoms with van der Waals surface area (Å²) in [5.74, 6) is -1.48. The van der Waals surface area contributed by atoms with Gasteiger partial charge in [0.2, 0.25) is 0 Å². The number of aromatic nitrogens is 1. The minimum Gasteiger partial charge on any atom is -0.481 e. The van der Waals surface area contributed by atoms with Crippen molar-refractivity contribution in [3.63, 3.8) is 0 Å². The summed E-state index contributed by atoms with van der Waals surface area (Å²) >= 11 is 7.47. The van der Waals surface area contributed by atoms with Crippen molar-refractivity contribution in [2.75, 3.05) is 0 Å². The lowest BCUT2D eigenvalue weighted by Gasteiger charge is -2.15. The van der Waals surface area contributed by atoms with Gasteiger partial charge in [0.15, 0.2) is 0 Å². The van der Waals surface area contributed by atoms with Crippen molar-refractivity contribution in [3.8, 4) is 0 Å². The number of hydrogen-bond acceptors (Lipinski definition) is 3. The smallest absolute Gasteiger partial charge is 0.311 e. The van der Waals surface area contributed by atoms with Crippen LogP contribution in [0.4, 0.5) is 0 Å². The summed E-state index contributed by atoms with van der Waals surface area (Å²) in [4.78, 5) is 16.1. The van der Waals surface area contributed by atoms with E-state index in [2.05, 4.69) is 25.8 Å². The molecule has 0 fully saturated rings. The van der Waals surface area contributed by atoms with E-state index in [1.165, 1.54) is 11.3 Å². The number of carboxylic acid groups (broad SMARTS) is 1. The highest BCUT2D eigenvalue weighted by Crippen LogP contribution is 2.28. The third kappa shape index (κ3) is 4.05. The molecule has 0 saturated heterocycles. The maximum Gasteiger partial charge on any atom is 0.311 e. The average molecular weight is 324 g/mol. The summed E-state index contributed by atoms with van der Waals surface area (Å²) in [6.45, 7) is 6.28. The Bertz CT molecular complexity index is 646. The second-order valence-electron chi connectivity index (χ2n) is 6.03. The van der Waals surface area contributed by atoms with E-state index in [-0.39, 0.29) is 5.41 Å². The van der Waals surface area contributed by atoms with Crippen LogP contribution < -0.4 is 0 Å². The van der Waals surface area contributed by atoms with E-state index >= 15 is 0 Å². The van der Waals surface area contributed by atoms with Gasteiger partial charge in [0.1, 0.15) is 0 Å². The Hall–Kier alpha value is -1.39. The van der Waals surface area contributed by atoms with Gasteiger partial charge in [0.05, 0.1) is 16.6 Å². The minimum atomic E-state index is -0.857. The third-order valence-electron chi connectivity index (χ3n) is 3.25. The molecule has 1 atom stereocenters. The quantitative estimate of drug-likeness (QED) is 0.901. The summed E-state index contributed by atoms with van der Waals surface area (Å²) in [7, 11) is 0. The molecule has 0 radical (unpaired) electrons. The van der Waals surface area contributed by atoms with Crippen LogP contribution in [0.25, 0.3) is 0 Å². The number of rotatable bonds is 4. The van der Waals surface area contributed by atoms with E-state index in [4.69, 9.17) is 11.6 Å². The minimum absolute atomic E-state index is 0.0243. The van der Waals surface area contributed by atoms with Crippen molar-refractivity contribution in [2.24, 2.45) is 0 Å². The fraction of sp³-hybridized carbons (Fsp3) is 0.375. The lowest BCUT2D eigenvalue weighted by Crippen LogP contribution is -2.15. The summed E-state index contributed by atoms with van der Waals surface area (Å²) < 4.78 is 0. The lowest BCUT2D eigenvalue weighted by molar-refractivity contribution is -0.138. The highest BCUT2D eigenvalue weighted by Gasteiger charge is 2.24. The first-order valence-corrected chi connectivity index (χ1v) is 7.96. The van der Waals surface area contributed by atoms with Gasteiger partial charge in [-0.3, -0.25) is 4.79 Å². The predicted molar refractivity (Wildman–Crippen MR) is 86.3 cm³/mol. The SMILES string of the molecule is CC(C)(C)c1csc(CC(C(=O)O)c2cccc(Cl)c2)n1. The van der Waals surface area contributed by atoms with Gasteiger partial charge in [-0.25, -0.2) is 4.98 Å². The molecule has 3 nitrogen and oxygen atoms in total. The fourth-order valence-corrected chi connectivity index (χ4v) is 3.26. The molecule has 112 valence electrons. The van der Waals surface area contributed by atoms with Gasteiger partial charge in [0, 0.05) is 22.2 Å². The summed E-state index contributed by atoms with van der Waals surface area (Å²) in [6.07, 6.45) is 0.385. The van der Waals surface area contributed by atoms with Gasteiger partial charge in [-0.2, -0.15) is 0 Å². The Morgan fingerprint density at radius 3 is 2.67 bits per heavy atom. The normalized spacial score (nSPS) is 13.1. The monoisotopic (exact) mass is 323 g/mol.